The number of nitrogens with zero attached hydrogens (tertiary/aromatic N) is 1. The summed E-state index contributed by atoms with van der Waals surface area (Å²) in [6.07, 6.45) is 4.14. The Morgan fingerprint density at radius 1 is 1.22 bits per heavy atom. The molecule has 2 bridgehead atoms. The number of hydrogen-bond acceptors (Lipinski definition) is 5. The number of amides is 3. The number of hydrogen-bond donors (Lipinski definition) is 3. The second kappa shape index (κ2) is 5.62. The molecule has 7 heteroatoms. The van der Waals surface area contributed by atoms with Crippen molar-refractivity contribution in [1.82, 2.24) is 15.5 Å². The van der Waals surface area contributed by atoms with Gasteiger partial charge in [0, 0.05) is 30.6 Å². The van der Waals surface area contributed by atoms with Crippen LogP contribution in [0.2, 0.25) is 0 Å². The molecule has 6 rings (SSSR count). The first kappa shape index (κ1) is 16.9. The predicted octanol–water partition coefficient (Wildman–Crippen LogP) is 0.419. The normalized spacial score (nSPS) is 34.0. The first-order valence-electron chi connectivity index (χ1n) is 9.64. The number of piperidine rings is 1. The molecule has 3 saturated carbocycles. The van der Waals surface area contributed by atoms with Crippen molar-refractivity contribution in [3.8, 4) is 0 Å². The fourth-order valence-electron chi connectivity index (χ4n) is 5.40. The van der Waals surface area contributed by atoms with Crippen molar-refractivity contribution in [2.75, 3.05) is 6.54 Å². The molecule has 2 heterocycles. The highest BCUT2D eigenvalue weighted by molar-refractivity contribution is 6.05. The Balaban J connectivity index is 1.26. The van der Waals surface area contributed by atoms with Gasteiger partial charge < -0.3 is 16.0 Å². The lowest BCUT2D eigenvalue weighted by Crippen LogP contribution is -2.75. The molecule has 4 N–H and O–H groups in total. The molecule has 2 aliphatic heterocycles. The van der Waals surface area contributed by atoms with Crippen LogP contribution in [-0.4, -0.2) is 40.7 Å². The number of benzene rings is 1. The Morgan fingerprint density at radius 3 is 2.70 bits per heavy atom. The summed E-state index contributed by atoms with van der Waals surface area (Å²) < 4.78 is 0. The molecular weight excluding hydrogens is 344 g/mol. The van der Waals surface area contributed by atoms with E-state index >= 15 is 0 Å². The van der Waals surface area contributed by atoms with E-state index < -0.39 is 6.04 Å². The standard InChI is InChI=1S/C20H24N4O3/c21-11-19-8-20(9-19,10-19)22-6-12-1-2-13-7-24(18(27)14(13)5-12)15-3-4-16(25)23-17(15)26/h1-2,5,15,22H,3-4,6-11,21H2,(H,23,25,26). The quantitative estimate of drug-likeness (QED) is 0.654. The topological polar surface area (TPSA) is 105 Å². The molecule has 1 unspecified atom stereocenters. The van der Waals surface area contributed by atoms with Gasteiger partial charge in [0.1, 0.15) is 6.04 Å². The Kier molecular flexibility index (Phi) is 3.52. The number of imide groups is 1. The minimum absolute atomic E-state index is 0.117. The molecule has 0 spiro atoms. The van der Waals surface area contributed by atoms with Crippen molar-refractivity contribution < 1.29 is 14.4 Å². The van der Waals surface area contributed by atoms with E-state index in [9.17, 15) is 14.4 Å². The summed E-state index contributed by atoms with van der Waals surface area (Å²) in [7, 11) is 0. The number of carbonyl (C=O) groups excluding carboxylic acids is 3. The maximum atomic E-state index is 12.9. The van der Waals surface area contributed by atoms with Crippen molar-refractivity contribution in [1.29, 1.82) is 0 Å². The van der Waals surface area contributed by atoms with Crippen LogP contribution < -0.4 is 16.4 Å². The maximum absolute atomic E-state index is 12.9. The number of nitrogens with two attached hydrogens (primary N) is 1. The SMILES string of the molecule is NCC12CC(NCc3ccc4c(c3)C(=O)N(C3CCC(=O)NC3=O)C4)(C1)C2. The highest BCUT2D eigenvalue weighted by Crippen LogP contribution is 2.66. The van der Waals surface area contributed by atoms with Gasteiger partial charge in [0.15, 0.2) is 0 Å². The van der Waals surface area contributed by atoms with Gasteiger partial charge in [0.25, 0.3) is 5.91 Å². The van der Waals surface area contributed by atoms with Gasteiger partial charge in [-0.05, 0) is 54.8 Å². The van der Waals surface area contributed by atoms with Crippen LogP contribution in [0.3, 0.4) is 0 Å². The molecule has 1 aromatic rings. The molecule has 5 aliphatic rings. The van der Waals surface area contributed by atoms with Crippen LogP contribution in [0.5, 0.6) is 0 Å². The summed E-state index contributed by atoms with van der Waals surface area (Å²) in [6.45, 7) is 1.94. The van der Waals surface area contributed by atoms with Gasteiger partial charge in [-0.1, -0.05) is 12.1 Å². The summed E-state index contributed by atoms with van der Waals surface area (Å²) in [5.74, 6) is -0.750. The third-order valence-electron chi connectivity index (χ3n) is 6.83. The third-order valence-corrected chi connectivity index (χ3v) is 6.83. The van der Waals surface area contributed by atoms with E-state index in [0.29, 0.717) is 23.9 Å². The fraction of sp³-hybridized carbons (Fsp3) is 0.550. The van der Waals surface area contributed by atoms with Crippen molar-refractivity contribution in [2.24, 2.45) is 11.1 Å². The van der Waals surface area contributed by atoms with Crippen LogP contribution in [0, 0.1) is 5.41 Å². The predicted molar refractivity (Wildman–Crippen MR) is 97.4 cm³/mol. The zero-order valence-electron chi connectivity index (χ0n) is 15.2. The van der Waals surface area contributed by atoms with E-state index in [0.717, 1.165) is 43.5 Å². The Bertz CT molecular complexity index is 845. The summed E-state index contributed by atoms with van der Waals surface area (Å²) in [4.78, 5) is 37.9. The van der Waals surface area contributed by atoms with Crippen molar-refractivity contribution >= 4 is 17.7 Å². The van der Waals surface area contributed by atoms with E-state index in [4.69, 9.17) is 5.73 Å². The number of fused-ring (bicyclic) bond motifs is 1. The number of carbonyl (C=O) groups is 3. The van der Waals surface area contributed by atoms with Crippen LogP contribution in [0.4, 0.5) is 0 Å². The molecule has 1 aromatic carbocycles. The van der Waals surface area contributed by atoms with E-state index in [1.807, 2.05) is 12.1 Å². The minimum Gasteiger partial charge on any atom is -0.330 e. The Labute approximate surface area is 157 Å². The van der Waals surface area contributed by atoms with Gasteiger partial charge in [-0.2, -0.15) is 0 Å². The number of rotatable bonds is 5. The van der Waals surface area contributed by atoms with Crippen molar-refractivity contribution in [3.63, 3.8) is 0 Å². The zero-order chi connectivity index (χ0) is 18.8. The van der Waals surface area contributed by atoms with Crippen LogP contribution in [0.25, 0.3) is 0 Å². The Hall–Kier alpha value is -2.25. The maximum Gasteiger partial charge on any atom is 0.255 e. The molecule has 1 saturated heterocycles. The first-order chi connectivity index (χ1) is 12.9. The van der Waals surface area contributed by atoms with Gasteiger partial charge in [-0.3, -0.25) is 19.7 Å². The smallest absolute Gasteiger partial charge is 0.255 e. The lowest BCUT2D eigenvalue weighted by molar-refractivity contribution is -0.147. The monoisotopic (exact) mass is 368 g/mol. The molecule has 0 radical (unpaired) electrons. The molecule has 0 aromatic heterocycles. The number of nitrogens with one attached hydrogen (secondary N) is 2. The lowest BCUT2D eigenvalue weighted by atomic mass is 9.39. The second-order valence-corrected chi connectivity index (χ2v) is 8.76. The fourth-order valence-corrected chi connectivity index (χ4v) is 5.40. The van der Waals surface area contributed by atoms with E-state index in [1.165, 1.54) is 0 Å². The van der Waals surface area contributed by atoms with Gasteiger partial charge in [0.2, 0.25) is 11.8 Å². The van der Waals surface area contributed by atoms with E-state index in [-0.39, 0.29) is 29.7 Å². The van der Waals surface area contributed by atoms with Crippen LogP contribution >= 0.6 is 0 Å². The summed E-state index contributed by atoms with van der Waals surface area (Å²) in [6, 6.07) is 5.43. The van der Waals surface area contributed by atoms with Gasteiger partial charge >= 0.3 is 0 Å². The summed E-state index contributed by atoms with van der Waals surface area (Å²) in [5.41, 5.74) is 9.17. The van der Waals surface area contributed by atoms with Crippen LogP contribution in [-0.2, 0) is 22.7 Å². The molecular formula is C20H24N4O3. The highest BCUT2D eigenvalue weighted by atomic mass is 16.2. The Morgan fingerprint density at radius 2 is 2.00 bits per heavy atom. The largest absolute Gasteiger partial charge is 0.330 e. The molecule has 7 nitrogen and oxygen atoms in total. The van der Waals surface area contributed by atoms with Gasteiger partial charge in [0.05, 0.1) is 0 Å². The summed E-state index contributed by atoms with van der Waals surface area (Å²) in [5, 5.41) is 5.98. The zero-order valence-corrected chi connectivity index (χ0v) is 15.2. The highest BCUT2D eigenvalue weighted by Gasteiger charge is 2.66. The second-order valence-electron chi connectivity index (χ2n) is 8.76. The van der Waals surface area contributed by atoms with Gasteiger partial charge in [-0.15, -0.1) is 0 Å². The molecule has 4 fully saturated rings. The van der Waals surface area contributed by atoms with Crippen LogP contribution in [0.15, 0.2) is 18.2 Å². The van der Waals surface area contributed by atoms with E-state index in [1.54, 1.807) is 4.90 Å². The van der Waals surface area contributed by atoms with E-state index in [2.05, 4.69) is 16.7 Å². The molecule has 27 heavy (non-hydrogen) atoms. The van der Waals surface area contributed by atoms with Crippen molar-refractivity contribution in [3.05, 3.63) is 34.9 Å². The summed E-state index contributed by atoms with van der Waals surface area (Å²) >= 11 is 0. The molecule has 1 atom stereocenters. The van der Waals surface area contributed by atoms with Crippen molar-refractivity contribution in [2.45, 2.75) is 56.8 Å². The lowest BCUT2D eigenvalue weighted by Gasteiger charge is -2.71. The third kappa shape index (κ3) is 2.52. The van der Waals surface area contributed by atoms with Crippen LogP contribution in [0.1, 0.15) is 53.6 Å². The molecule has 142 valence electrons. The molecule has 3 amide bonds. The van der Waals surface area contributed by atoms with Gasteiger partial charge in [-0.25, -0.2) is 0 Å². The average Bonchev–Trinajstić information content (AvgIpc) is 2.89. The minimum atomic E-state index is -0.558. The first-order valence-corrected chi connectivity index (χ1v) is 9.64. The average molecular weight is 368 g/mol. The molecule has 3 aliphatic carbocycles.